The highest BCUT2D eigenvalue weighted by Gasteiger charge is 2.25. The predicted octanol–water partition coefficient (Wildman–Crippen LogP) is 3.57. The Kier molecular flexibility index (Phi) is 4.55. The molecule has 1 aromatic rings. The lowest BCUT2D eigenvalue weighted by molar-refractivity contribution is 0.0943. The number of carbonyl (C=O) groups is 1. The molecule has 104 valence electrons. The molecule has 2 nitrogen and oxygen atoms in total. The van der Waals surface area contributed by atoms with E-state index >= 15 is 0 Å². The van der Waals surface area contributed by atoms with E-state index in [1.807, 2.05) is 0 Å². The van der Waals surface area contributed by atoms with E-state index in [4.69, 9.17) is 0 Å². The fourth-order valence-corrected chi connectivity index (χ4v) is 3.15. The normalized spacial score (nSPS) is 22.5. The average molecular weight is 332 g/mol. The van der Waals surface area contributed by atoms with Crippen LogP contribution in [-0.4, -0.2) is 17.3 Å². The first kappa shape index (κ1) is 14.4. The molecule has 1 saturated carbocycles. The van der Waals surface area contributed by atoms with E-state index in [9.17, 15) is 13.6 Å². The van der Waals surface area contributed by atoms with Gasteiger partial charge in [-0.1, -0.05) is 22.4 Å². The van der Waals surface area contributed by atoms with Gasteiger partial charge in [0.1, 0.15) is 11.6 Å². The molecule has 1 amide bonds. The van der Waals surface area contributed by atoms with Crippen LogP contribution in [0.2, 0.25) is 0 Å². The SMILES string of the molecule is Cc1cc(C(=O)NCC2CCCC2Br)c(F)cc1F. The monoisotopic (exact) mass is 331 g/mol. The number of carbonyl (C=O) groups excluding carboxylic acids is 1. The topological polar surface area (TPSA) is 29.1 Å². The molecular formula is C14H16BrF2NO. The van der Waals surface area contributed by atoms with E-state index in [1.54, 1.807) is 0 Å². The van der Waals surface area contributed by atoms with Gasteiger partial charge in [-0.3, -0.25) is 4.79 Å². The van der Waals surface area contributed by atoms with Crippen LogP contribution in [0.3, 0.4) is 0 Å². The van der Waals surface area contributed by atoms with Gasteiger partial charge in [-0.05, 0) is 37.3 Å². The van der Waals surface area contributed by atoms with Gasteiger partial charge in [0.2, 0.25) is 0 Å². The highest BCUT2D eigenvalue weighted by molar-refractivity contribution is 9.09. The Bertz CT molecular complexity index is 493. The molecule has 0 bridgehead atoms. The van der Waals surface area contributed by atoms with Crippen molar-refractivity contribution >= 4 is 21.8 Å². The number of rotatable bonds is 3. The maximum absolute atomic E-state index is 13.5. The molecule has 5 heteroatoms. The molecule has 0 saturated heterocycles. The molecule has 0 radical (unpaired) electrons. The summed E-state index contributed by atoms with van der Waals surface area (Å²) in [4.78, 5) is 12.3. The lowest BCUT2D eigenvalue weighted by Gasteiger charge is -2.15. The standard InChI is InChI=1S/C14H16BrF2NO/c1-8-5-10(13(17)6-12(8)16)14(19)18-7-9-3-2-4-11(9)15/h5-6,9,11H,2-4,7H2,1H3,(H,18,19). The summed E-state index contributed by atoms with van der Waals surface area (Å²) in [6.07, 6.45) is 3.30. The molecule has 0 spiro atoms. The summed E-state index contributed by atoms with van der Waals surface area (Å²) in [5, 5.41) is 2.73. The number of nitrogens with one attached hydrogen (secondary N) is 1. The van der Waals surface area contributed by atoms with Crippen molar-refractivity contribution in [1.82, 2.24) is 5.32 Å². The minimum Gasteiger partial charge on any atom is -0.352 e. The molecular weight excluding hydrogens is 316 g/mol. The fraction of sp³-hybridized carbons (Fsp3) is 0.500. The van der Waals surface area contributed by atoms with Crippen LogP contribution >= 0.6 is 15.9 Å². The zero-order chi connectivity index (χ0) is 14.0. The maximum Gasteiger partial charge on any atom is 0.254 e. The Morgan fingerprint density at radius 1 is 1.37 bits per heavy atom. The number of hydrogen-bond donors (Lipinski definition) is 1. The zero-order valence-electron chi connectivity index (χ0n) is 10.7. The second-order valence-electron chi connectivity index (χ2n) is 5.00. The smallest absolute Gasteiger partial charge is 0.254 e. The van der Waals surface area contributed by atoms with Gasteiger partial charge in [0.25, 0.3) is 5.91 Å². The van der Waals surface area contributed by atoms with Crippen LogP contribution in [0.25, 0.3) is 0 Å². The van der Waals surface area contributed by atoms with Crippen LogP contribution in [0.5, 0.6) is 0 Å². The van der Waals surface area contributed by atoms with E-state index in [0.717, 1.165) is 25.3 Å². The Morgan fingerprint density at radius 2 is 2.11 bits per heavy atom. The number of alkyl halides is 1. The van der Waals surface area contributed by atoms with Crippen LogP contribution in [0.4, 0.5) is 8.78 Å². The minimum atomic E-state index is -0.817. The van der Waals surface area contributed by atoms with Gasteiger partial charge in [0.15, 0.2) is 0 Å². The molecule has 0 heterocycles. The Hall–Kier alpha value is -0.970. The highest BCUT2D eigenvalue weighted by atomic mass is 79.9. The summed E-state index contributed by atoms with van der Waals surface area (Å²) in [6.45, 7) is 2.03. The molecule has 2 rings (SSSR count). The third-order valence-corrected chi connectivity index (χ3v) is 4.79. The first-order chi connectivity index (χ1) is 8.99. The van der Waals surface area contributed by atoms with Crippen LogP contribution in [0, 0.1) is 24.5 Å². The Balaban J connectivity index is 2.02. The highest BCUT2D eigenvalue weighted by Crippen LogP contribution is 2.30. The first-order valence-electron chi connectivity index (χ1n) is 6.37. The van der Waals surface area contributed by atoms with E-state index < -0.39 is 17.5 Å². The Morgan fingerprint density at radius 3 is 2.74 bits per heavy atom. The zero-order valence-corrected chi connectivity index (χ0v) is 12.3. The van der Waals surface area contributed by atoms with Gasteiger partial charge in [0.05, 0.1) is 5.56 Å². The number of benzene rings is 1. The van der Waals surface area contributed by atoms with Crippen LogP contribution < -0.4 is 5.32 Å². The molecule has 0 aromatic heterocycles. The molecule has 2 atom stereocenters. The van der Waals surface area contributed by atoms with Gasteiger partial charge >= 0.3 is 0 Å². The third kappa shape index (κ3) is 3.32. The average Bonchev–Trinajstić information content (AvgIpc) is 2.76. The summed E-state index contributed by atoms with van der Waals surface area (Å²) in [7, 11) is 0. The molecule has 1 aliphatic carbocycles. The van der Waals surface area contributed by atoms with E-state index in [0.29, 0.717) is 17.3 Å². The van der Waals surface area contributed by atoms with Gasteiger partial charge in [-0.15, -0.1) is 0 Å². The summed E-state index contributed by atoms with van der Waals surface area (Å²) in [5.74, 6) is -1.55. The molecule has 1 fully saturated rings. The van der Waals surface area contributed by atoms with Crippen LogP contribution in [0.1, 0.15) is 35.2 Å². The largest absolute Gasteiger partial charge is 0.352 e. The fourth-order valence-electron chi connectivity index (χ4n) is 2.37. The van der Waals surface area contributed by atoms with Crippen molar-refractivity contribution in [3.63, 3.8) is 0 Å². The van der Waals surface area contributed by atoms with Crippen LogP contribution in [0.15, 0.2) is 12.1 Å². The van der Waals surface area contributed by atoms with Crippen molar-refractivity contribution in [2.75, 3.05) is 6.54 Å². The molecule has 2 unspecified atom stereocenters. The molecule has 19 heavy (non-hydrogen) atoms. The predicted molar refractivity (Wildman–Crippen MR) is 73.5 cm³/mol. The van der Waals surface area contributed by atoms with Crippen molar-refractivity contribution in [3.8, 4) is 0 Å². The van der Waals surface area contributed by atoms with Crippen molar-refractivity contribution in [1.29, 1.82) is 0 Å². The van der Waals surface area contributed by atoms with Crippen molar-refractivity contribution in [3.05, 3.63) is 34.9 Å². The third-order valence-electron chi connectivity index (χ3n) is 3.58. The quantitative estimate of drug-likeness (QED) is 0.843. The molecule has 1 aliphatic rings. The second kappa shape index (κ2) is 5.99. The number of aryl methyl sites for hydroxylation is 1. The van der Waals surface area contributed by atoms with Crippen molar-refractivity contribution in [2.24, 2.45) is 5.92 Å². The number of amides is 1. The van der Waals surface area contributed by atoms with Crippen molar-refractivity contribution < 1.29 is 13.6 Å². The van der Waals surface area contributed by atoms with Gasteiger partial charge < -0.3 is 5.32 Å². The molecule has 1 aromatic carbocycles. The lowest BCUT2D eigenvalue weighted by Crippen LogP contribution is -2.31. The summed E-state index contributed by atoms with van der Waals surface area (Å²) in [5.41, 5.74) is 0.175. The van der Waals surface area contributed by atoms with Crippen LogP contribution in [-0.2, 0) is 0 Å². The van der Waals surface area contributed by atoms with E-state index in [-0.39, 0.29) is 11.1 Å². The minimum absolute atomic E-state index is 0.0944. The summed E-state index contributed by atoms with van der Waals surface area (Å²) in [6, 6.07) is 2.01. The summed E-state index contributed by atoms with van der Waals surface area (Å²) < 4.78 is 26.7. The number of halogens is 3. The first-order valence-corrected chi connectivity index (χ1v) is 7.28. The second-order valence-corrected chi connectivity index (χ2v) is 6.17. The lowest BCUT2D eigenvalue weighted by atomic mass is 10.1. The maximum atomic E-state index is 13.5. The summed E-state index contributed by atoms with van der Waals surface area (Å²) >= 11 is 3.57. The molecule has 0 aliphatic heterocycles. The van der Waals surface area contributed by atoms with Crippen molar-refractivity contribution in [2.45, 2.75) is 31.0 Å². The van der Waals surface area contributed by atoms with Gasteiger partial charge in [-0.25, -0.2) is 8.78 Å². The van der Waals surface area contributed by atoms with E-state index in [2.05, 4.69) is 21.2 Å². The van der Waals surface area contributed by atoms with Gasteiger partial charge in [-0.2, -0.15) is 0 Å². The Labute approximate surface area is 119 Å². The van der Waals surface area contributed by atoms with Gasteiger partial charge in [0, 0.05) is 17.4 Å². The number of hydrogen-bond acceptors (Lipinski definition) is 1. The molecule has 1 N–H and O–H groups in total. The van der Waals surface area contributed by atoms with E-state index in [1.165, 1.54) is 13.0 Å².